The fraction of sp³-hybridized carbons (Fsp3) is 0.559. The van der Waals surface area contributed by atoms with Gasteiger partial charge in [-0.3, -0.25) is 9.36 Å². The Labute approximate surface area is 257 Å². The maximum absolute atomic E-state index is 15.7. The maximum Gasteiger partial charge on any atom is 0.261 e. The Hall–Kier alpha value is -3.53. The number of hydrogen-bond donors (Lipinski definition) is 2. The van der Waals surface area contributed by atoms with Crippen LogP contribution in [0.5, 0.6) is 5.75 Å². The molecule has 2 bridgehead atoms. The first-order valence-electron chi connectivity index (χ1n) is 15.7. The second kappa shape index (κ2) is 11.4. The van der Waals surface area contributed by atoms with Crippen molar-refractivity contribution >= 4 is 22.5 Å². The second-order valence-corrected chi connectivity index (χ2v) is 14.1. The molecule has 3 aromatic rings. The highest BCUT2D eigenvalue weighted by atomic mass is 19.1. The lowest BCUT2D eigenvalue weighted by molar-refractivity contribution is -0.108. The minimum atomic E-state index is -0.543. The molecule has 2 heterocycles. The van der Waals surface area contributed by atoms with Gasteiger partial charge in [-0.05, 0) is 80.0 Å². The first kappa shape index (κ1) is 30.5. The molecule has 1 saturated heterocycles. The van der Waals surface area contributed by atoms with E-state index in [1.165, 1.54) is 36.6 Å². The van der Waals surface area contributed by atoms with Crippen molar-refractivity contribution in [2.45, 2.75) is 72.0 Å². The van der Waals surface area contributed by atoms with Gasteiger partial charge in [0.05, 0.1) is 36.1 Å². The van der Waals surface area contributed by atoms with Crippen LogP contribution in [0.3, 0.4) is 0 Å². The van der Waals surface area contributed by atoms with E-state index in [2.05, 4.69) is 55.1 Å². The van der Waals surface area contributed by atoms with Gasteiger partial charge < -0.3 is 20.3 Å². The molecule has 2 N–H and O–H groups in total. The van der Waals surface area contributed by atoms with Crippen LogP contribution in [0.25, 0.3) is 10.9 Å². The molecule has 0 unspecified atom stereocenters. The van der Waals surface area contributed by atoms with Crippen LogP contribution < -0.4 is 20.9 Å². The quantitative estimate of drug-likeness (QED) is 0.287. The predicted octanol–water partition coefficient (Wildman–Crippen LogP) is 5.45. The van der Waals surface area contributed by atoms with E-state index in [0.29, 0.717) is 46.0 Å². The summed E-state index contributed by atoms with van der Waals surface area (Å²) < 4.78 is 36.6. The molecule has 0 spiro atoms. The van der Waals surface area contributed by atoms with E-state index < -0.39 is 11.6 Å². The molecule has 2 aromatic carbocycles. The Morgan fingerprint density at radius 2 is 1.95 bits per heavy atom. The van der Waals surface area contributed by atoms with Crippen LogP contribution in [0.2, 0.25) is 0 Å². The van der Waals surface area contributed by atoms with Crippen LogP contribution in [0.15, 0.2) is 46.4 Å². The zero-order valence-corrected chi connectivity index (χ0v) is 26.6. The van der Waals surface area contributed by atoms with Crippen LogP contribution in [0.4, 0.5) is 14.5 Å². The second-order valence-electron chi connectivity index (χ2n) is 14.1. The van der Waals surface area contributed by atoms with E-state index in [1.54, 1.807) is 18.2 Å². The number of aromatic nitrogens is 2. The number of guanidine groups is 1. The monoisotopic (exact) mass is 606 g/mol. The van der Waals surface area contributed by atoms with Gasteiger partial charge in [0, 0.05) is 37.8 Å². The number of nitrogens with one attached hydrogen (secondary N) is 2. The Morgan fingerprint density at radius 3 is 2.64 bits per heavy atom. The smallest absolute Gasteiger partial charge is 0.261 e. The van der Waals surface area contributed by atoms with Crippen molar-refractivity contribution in [1.29, 1.82) is 0 Å². The van der Waals surface area contributed by atoms with Gasteiger partial charge in [-0.1, -0.05) is 26.8 Å². The summed E-state index contributed by atoms with van der Waals surface area (Å²) in [6, 6.07) is 7.64. The molecule has 4 fully saturated rings. The zero-order valence-electron chi connectivity index (χ0n) is 26.6. The van der Waals surface area contributed by atoms with Crippen molar-refractivity contribution in [3.05, 3.63) is 64.2 Å². The van der Waals surface area contributed by atoms with Crippen LogP contribution in [-0.2, 0) is 13.0 Å². The van der Waals surface area contributed by atoms with Crippen molar-refractivity contribution in [3.8, 4) is 5.75 Å². The van der Waals surface area contributed by atoms with E-state index in [0.717, 1.165) is 26.1 Å². The Kier molecular flexibility index (Phi) is 7.93. The summed E-state index contributed by atoms with van der Waals surface area (Å²) in [6.45, 7) is 13.9. The average Bonchev–Trinajstić information content (AvgIpc) is 2.97. The Balaban J connectivity index is 1.27. The summed E-state index contributed by atoms with van der Waals surface area (Å²) in [5.74, 6) is 1.89. The van der Waals surface area contributed by atoms with Crippen molar-refractivity contribution in [2.75, 3.05) is 32.1 Å². The summed E-state index contributed by atoms with van der Waals surface area (Å²) in [4.78, 5) is 25.3. The summed E-state index contributed by atoms with van der Waals surface area (Å²) in [5.41, 5.74) is 0.949. The topological polar surface area (TPSA) is 83.8 Å². The number of hydrogen-bond acceptors (Lipinski definition) is 5. The molecule has 3 saturated carbocycles. The Bertz CT molecular complexity index is 1650. The first-order valence-corrected chi connectivity index (χ1v) is 15.7. The third kappa shape index (κ3) is 5.69. The van der Waals surface area contributed by atoms with Crippen LogP contribution in [0.1, 0.15) is 53.0 Å². The number of aliphatic imine (C=N–C) groups is 1. The van der Waals surface area contributed by atoms with Gasteiger partial charge in [0.15, 0.2) is 5.96 Å². The van der Waals surface area contributed by atoms with Crippen LogP contribution in [0, 0.1) is 34.8 Å². The number of benzene rings is 2. The summed E-state index contributed by atoms with van der Waals surface area (Å²) in [6.07, 6.45) is 4.03. The number of ether oxygens (including phenoxy) is 1. The molecular formula is C34H44F2N6O2. The Morgan fingerprint density at radius 1 is 1.16 bits per heavy atom. The highest BCUT2D eigenvalue weighted by Crippen LogP contribution is 2.61. The molecule has 4 atom stereocenters. The number of halogens is 2. The first-order chi connectivity index (χ1) is 20.9. The predicted molar refractivity (Wildman–Crippen MR) is 170 cm³/mol. The molecule has 8 nitrogen and oxygen atoms in total. The van der Waals surface area contributed by atoms with Gasteiger partial charge in [0.1, 0.15) is 17.4 Å². The van der Waals surface area contributed by atoms with Crippen molar-refractivity contribution in [3.63, 3.8) is 0 Å². The average molecular weight is 607 g/mol. The summed E-state index contributed by atoms with van der Waals surface area (Å²) in [5, 5.41) is 7.06. The van der Waals surface area contributed by atoms with Crippen LogP contribution >= 0.6 is 0 Å². The fourth-order valence-electron chi connectivity index (χ4n) is 7.62. The molecule has 3 aliphatic carbocycles. The van der Waals surface area contributed by atoms with E-state index in [4.69, 9.17) is 9.73 Å². The number of methoxy groups -OCH3 is 1. The minimum absolute atomic E-state index is 0.119. The van der Waals surface area contributed by atoms with Gasteiger partial charge >= 0.3 is 0 Å². The number of piperazine rings is 1. The highest BCUT2D eigenvalue weighted by molar-refractivity contribution is 5.96. The molecule has 4 aliphatic rings. The molecule has 1 aliphatic heterocycles. The van der Waals surface area contributed by atoms with E-state index in [-0.39, 0.29) is 41.2 Å². The third-order valence-electron chi connectivity index (χ3n) is 10.5. The molecule has 7 rings (SSSR count). The summed E-state index contributed by atoms with van der Waals surface area (Å²) >= 11 is 0. The standard InChI is InChI=1S/C34H44F2N6O2/c1-20-25-13-22(34(25,4)5)14-28(20)39-32(41-12-10-38-33(2,3)18-41)40-30-17-29-24(16-27(30)36)31(43)42(19-37-29)11-9-21-7-8-23(44-6)15-26(21)35/h7-8,15-17,19-20,22,25,28,38H,9-14,18H2,1-6H3,(H,39,40)/t20-,22+,25+,28+/m1/s1. The fourth-order valence-corrected chi connectivity index (χ4v) is 7.62. The van der Waals surface area contributed by atoms with Gasteiger partial charge in [-0.2, -0.15) is 0 Å². The largest absolute Gasteiger partial charge is 0.497 e. The number of anilines is 1. The number of aryl methyl sites for hydroxylation is 2. The maximum atomic E-state index is 15.7. The molecule has 236 valence electrons. The number of rotatable bonds is 6. The molecule has 0 amide bonds. The minimum Gasteiger partial charge on any atom is -0.497 e. The van der Waals surface area contributed by atoms with Crippen LogP contribution in [-0.4, -0.2) is 58.7 Å². The summed E-state index contributed by atoms with van der Waals surface area (Å²) in [7, 11) is 1.48. The lowest BCUT2D eigenvalue weighted by Crippen LogP contribution is -2.60. The van der Waals surface area contributed by atoms with Crippen molar-refractivity contribution in [2.24, 2.45) is 28.2 Å². The van der Waals surface area contributed by atoms with E-state index in [9.17, 15) is 9.18 Å². The van der Waals surface area contributed by atoms with Gasteiger partial charge in [0.25, 0.3) is 5.56 Å². The molecule has 1 aromatic heterocycles. The molecule has 0 radical (unpaired) electrons. The highest BCUT2D eigenvalue weighted by Gasteiger charge is 2.56. The number of fused-ring (bicyclic) bond motifs is 3. The lowest BCUT2D eigenvalue weighted by atomic mass is 9.45. The molecular weight excluding hydrogens is 562 g/mol. The van der Waals surface area contributed by atoms with Crippen molar-refractivity contribution < 1.29 is 13.5 Å². The van der Waals surface area contributed by atoms with E-state index >= 15 is 4.39 Å². The molecule has 10 heteroatoms. The zero-order chi connectivity index (χ0) is 31.4. The normalized spacial score (nSPS) is 25.9. The molecule has 44 heavy (non-hydrogen) atoms. The SMILES string of the molecule is COc1ccc(CCn2cnc3cc(NC(=N[C@H]4C[C@@H]5C[C@@H]([C@H]4C)C5(C)C)N4CCNC(C)(C)C4)c(F)cc3c2=O)c(F)c1. The van der Waals surface area contributed by atoms with E-state index in [1.807, 2.05) is 0 Å². The van der Waals surface area contributed by atoms with Gasteiger partial charge in [-0.15, -0.1) is 0 Å². The number of nitrogens with zero attached hydrogens (tertiary/aromatic N) is 4. The van der Waals surface area contributed by atoms with Crippen molar-refractivity contribution in [1.82, 2.24) is 19.8 Å². The third-order valence-corrected chi connectivity index (χ3v) is 10.5. The van der Waals surface area contributed by atoms with Gasteiger partial charge in [-0.25, -0.2) is 18.8 Å². The lowest BCUT2D eigenvalue weighted by Gasteiger charge is -2.61. The van der Waals surface area contributed by atoms with Gasteiger partial charge in [0.2, 0.25) is 0 Å².